The lowest BCUT2D eigenvalue weighted by atomic mass is 9.87. The van der Waals surface area contributed by atoms with Gasteiger partial charge in [-0.25, -0.2) is 9.18 Å². The lowest BCUT2D eigenvalue weighted by Gasteiger charge is -2.21. The van der Waals surface area contributed by atoms with Crippen LogP contribution in [0, 0.1) is 11.7 Å². The maximum Gasteiger partial charge on any atom is 0.340 e. The van der Waals surface area contributed by atoms with Crippen molar-refractivity contribution in [3.8, 4) is 0 Å². The van der Waals surface area contributed by atoms with E-state index in [0.29, 0.717) is 16.9 Å². The topological polar surface area (TPSA) is 38.3 Å². The molecule has 4 heteroatoms. The van der Waals surface area contributed by atoms with E-state index in [-0.39, 0.29) is 11.8 Å². The van der Waals surface area contributed by atoms with Crippen LogP contribution in [0.25, 0.3) is 6.08 Å². The molecule has 0 aliphatic heterocycles. The Morgan fingerprint density at radius 1 is 1.10 bits per heavy atom. The summed E-state index contributed by atoms with van der Waals surface area (Å²) in [6.45, 7) is 5.54. The third-order valence-corrected chi connectivity index (χ3v) is 5.29. The minimum absolute atomic E-state index is 0.299. The summed E-state index contributed by atoms with van der Waals surface area (Å²) in [7, 11) is 0. The predicted octanol–water partition coefficient (Wildman–Crippen LogP) is 7.51. The molecule has 2 aromatic rings. The van der Waals surface area contributed by atoms with Crippen molar-refractivity contribution in [2.24, 2.45) is 5.92 Å². The van der Waals surface area contributed by atoms with E-state index in [1.807, 2.05) is 32.9 Å². The van der Waals surface area contributed by atoms with Crippen LogP contribution in [0.3, 0.4) is 0 Å². The van der Waals surface area contributed by atoms with Gasteiger partial charge in [0.05, 0.1) is 11.3 Å². The van der Waals surface area contributed by atoms with Crippen LogP contribution in [0.4, 0.5) is 15.8 Å². The normalized spacial score (nSPS) is 15.3. The Morgan fingerprint density at radius 3 is 2.47 bits per heavy atom. The molecule has 1 N–H and O–H groups in total. The first-order chi connectivity index (χ1) is 14.3. The molecular formula is C26H32FNO2. The number of anilines is 2. The third-order valence-electron chi connectivity index (χ3n) is 5.29. The Hall–Kier alpha value is -2.62. The van der Waals surface area contributed by atoms with Gasteiger partial charge < -0.3 is 10.1 Å². The molecule has 0 heterocycles. The summed E-state index contributed by atoms with van der Waals surface area (Å²) in [5.41, 5.74) is 2.25. The van der Waals surface area contributed by atoms with Crippen LogP contribution in [-0.2, 0) is 4.74 Å². The minimum atomic E-state index is -0.581. The van der Waals surface area contributed by atoms with E-state index in [1.54, 1.807) is 18.2 Å². The second kappa shape index (κ2) is 9.92. The number of esters is 1. The van der Waals surface area contributed by atoms with Gasteiger partial charge in [-0.1, -0.05) is 50.3 Å². The van der Waals surface area contributed by atoms with Crippen LogP contribution in [-0.4, -0.2) is 11.6 Å². The van der Waals surface area contributed by atoms with Crippen LogP contribution in [0.5, 0.6) is 0 Å². The van der Waals surface area contributed by atoms with Crippen molar-refractivity contribution in [1.29, 1.82) is 0 Å². The molecule has 1 saturated carbocycles. The Bertz CT molecular complexity index is 875. The Balaban J connectivity index is 1.81. The summed E-state index contributed by atoms with van der Waals surface area (Å²) in [6, 6.07) is 11.8. The first-order valence-corrected chi connectivity index (χ1v) is 10.9. The molecule has 0 unspecified atom stereocenters. The molecular weight excluding hydrogens is 377 g/mol. The number of rotatable bonds is 6. The van der Waals surface area contributed by atoms with E-state index < -0.39 is 5.60 Å². The van der Waals surface area contributed by atoms with E-state index in [9.17, 15) is 9.18 Å². The summed E-state index contributed by atoms with van der Waals surface area (Å²) in [6.07, 6.45) is 12.1. The average Bonchev–Trinajstić information content (AvgIpc) is 2.69. The van der Waals surface area contributed by atoms with Crippen molar-refractivity contribution in [1.82, 2.24) is 0 Å². The summed E-state index contributed by atoms with van der Waals surface area (Å²) in [5.74, 6) is 0.102. The summed E-state index contributed by atoms with van der Waals surface area (Å²) in [5, 5.41) is 3.25. The SMILES string of the molecule is CC(C)(C)OC(=O)c1ccc(/C=C/CC2CCCCC2)cc1Nc1ccc(F)cc1. The number of carbonyl (C=O) groups excluding carboxylic acids is 1. The molecule has 1 fully saturated rings. The van der Waals surface area contributed by atoms with Crippen molar-refractivity contribution >= 4 is 23.4 Å². The largest absolute Gasteiger partial charge is 0.456 e. The number of halogens is 1. The predicted molar refractivity (Wildman–Crippen MR) is 122 cm³/mol. The summed E-state index contributed by atoms with van der Waals surface area (Å²) < 4.78 is 18.8. The van der Waals surface area contributed by atoms with Crippen molar-refractivity contribution in [2.45, 2.75) is 64.9 Å². The van der Waals surface area contributed by atoms with Crippen molar-refractivity contribution < 1.29 is 13.9 Å². The molecule has 0 spiro atoms. The smallest absolute Gasteiger partial charge is 0.340 e. The molecule has 0 radical (unpaired) electrons. The molecule has 0 atom stereocenters. The Kier molecular flexibility index (Phi) is 7.30. The zero-order valence-corrected chi connectivity index (χ0v) is 18.2. The molecule has 3 nitrogen and oxygen atoms in total. The Morgan fingerprint density at radius 2 is 1.80 bits per heavy atom. The lowest BCUT2D eigenvalue weighted by molar-refractivity contribution is 0.00707. The molecule has 1 aliphatic carbocycles. The molecule has 0 bridgehead atoms. The van der Waals surface area contributed by atoms with Gasteiger partial charge in [0.2, 0.25) is 0 Å². The second-order valence-corrected chi connectivity index (χ2v) is 9.08. The van der Waals surface area contributed by atoms with Crippen molar-refractivity contribution in [3.63, 3.8) is 0 Å². The molecule has 0 amide bonds. The van der Waals surface area contributed by atoms with Crippen LogP contribution in [0.2, 0.25) is 0 Å². The quantitative estimate of drug-likeness (QED) is 0.502. The molecule has 30 heavy (non-hydrogen) atoms. The number of carbonyl (C=O) groups is 1. The fraction of sp³-hybridized carbons (Fsp3) is 0.423. The minimum Gasteiger partial charge on any atom is -0.456 e. The van der Waals surface area contributed by atoms with E-state index in [4.69, 9.17) is 4.74 Å². The first-order valence-electron chi connectivity index (χ1n) is 10.9. The van der Waals surface area contributed by atoms with Crippen LogP contribution < -0.4 is 5.32 Å². The molecule has 0 aromatic heterocycles. The number of hydrogen-bond donors (Lipinski definition) is 1. The number of ether oxygens (including phenoxy) is 1. The van der Waals surface area contributed by atoms with Crippen LogP contribution in [0.1, 0.15) is 75.2 Å². The van der Waals surface area contributed by atoms with Gasteiger partial charge in [-0.2, -0.15) is 0 Å². The van der Waals surface area contributed by atoms with E-state index in [1.165, 1.54) is 44.2 Å². The molecule has 3 rings (SSSR count). The second-order valence-electron chi connectivity index (χ2n) is 9.08. The average molecular weight is 410 g/mol. The first kappa shape index (κ1) is 22.1. The number of nitrogens with one attached hydrogen (secondary N) is 1. The van der Waals surface area contributed by atoms with E-state index in [0.717, 1.165) is 17.9 Å². The fourth-order valence-corrected chi connectivity index (χ4v) is 3.79. The van der Waals surface area contributed by atoms with Gasteiger partial charge in [-0.05, 0) is 75.1 Å². The molecule has 2 aromatic carbocycles. The highest BCUT2D eigenvalue weighted by molar-refractivity contribution is 5.97. The van der Waals surface area contributed by atoms with E-state index in [2.05, 4.69) is 17.5 Å². The zero-order chi connectivity index (χ0) is 21.6. The zero-order valence-electron chi connectivity index (χ0n) is 18.2. The number of hydrogen-bond acceptors (Lipinski definition) is 3. The fourth-order valence-electron chi connectivity index (χ4n) is 3.79. The van der Waals surface area contributed by atoms with Gasteiger partial charge in [0.1, 0.15) is 11.4 Å². The molecule has 0 saturated heterocycles. The third kappa shape index (κ3) is 6.72. The summed E-state index contributed by atoms with van der Waals surface area (Å²) in [4.78, 5) is 12.7. The highest BCUT2D eigenvalue weighted by Crippen LogP contribution is 2.28. The number of allylic oxidation sites excluding steroid dienone is 1. The Labute approximate surface area is 179 Å². The molecule has 1 aliphatic rings. The van der Waals surface area contributed by atoms with Gasteiger partial charge >= 0.3 is 5.97 Å². The van der Waals surface area contributed by atoms with Gasteiger partial charge in [-0.15, -0.1) is 0 Å². The van der Waals surface area contributed by atoms with Gasteiger partial charge in [0, 0.05) is 5.69 Å². The van der Waals surface area contributed by atoms with Crippen molar-refractivity contribution in [3.05, 3.63) is 65.5 Å². The maximum absolute atomic E-state index is 13.3. The lowest BCUT2D eigenvalue weighted by Crippen LogP contribution is -2.24. The maximum atomic E-state index is 13.3. The monoisotopic (exact) mass is 409 g/mol. The number of benzene rings is 2. The van der Waals surface area contributed by atoms with Crippen LogP contribution >= 0.6 is 0 Å². The van der Waals surface area contributed by atoms with Crippen LogP contribution in [0.15, 0.2) is 48.5 Å². The van der Waals surface area contributed by atoms with E-state index >= 15 is 0 Å². The summed E-state index contributed by atoms with van der Waals surface area (Å²) >= 11 is 0. The van der Waals surface area contributed by atoms with Gasteiger partial charge in [-0.3, -0.25) is 0 Å². The van der Waals surface area contributed by atoms with Gasteiger partial charge in [0.25, 0.3) is 0 Å². The highest BCUT2D eigenvalue weighted by Gasteiger charge is 2.21. The van der Waals surface area contributed by atoms with Crippen molar-refractivity contribution in [2.75, 3.05) is 5.32 Å². The van der Waals surface area contributed by atoms with Gasteiger partial charge in [0.15, 0.2) is 0 Å². The highest BCUT2D eigenvalue weighted by atomic mass is 19.1. The standard InChI is InChI=1S/C26H32FNO2/c1-26(2,3)30-25(29)23-17-12-20(11-7-10-19-8-5-4-6-9-19)18-24(23)28-22-15-13-21(27)14-16-22/h7,11-19,28H,4-6,8-10H2,1-3H3/b11-7+. The molecule has 160 valence electrons.